The van der Waals surface area contributed by atoms with Crippen molar-refractivity contribution >= 4 is 17.9 Å². The fourth-order valence-corrected chi connectivity index (χ4v) is 2.11. The Kier molecular flexibility index (Phi) is 7.67. The van der Waals surface area contributed by atoms with Gasteiger partial charge in [0.1, 0.15) is 11.4 Å². The standard InChI is InChI=1S/C18H28FN5O2/c1-8-9-12(2)22-15(13(3)23-17(25)26-18(4,5)6)24(7)16-20-10-14(19)11-21-16/h9-11,13H,8H2,1-7H3,(H,23,25)/b12-9+,22-15?. The monoisotopic (exact) mass is 365 g/mol. The van der Waals surface area contributed by atoms with E-state index in [9.17, 15) is 9.18 Å². The van der Waals surface area contributed by atoms with Gasteiger partial charge in [-0.05, 0) is 41.0 Å². The van der Waals surface area contributed by atoms with Crippen LogP contribution in [0.3, 0.4) is 0 Å². The van der Waals surface area contributed by atoms with E-state index in [1.54, 1.807) is 39.6 Å². The third kappa shape index (κ3) is 7.16. The largest absolute Gasteiger partial charge is 0.444 e. The molecule has 0 bridgehead atoms. The van der Waals surface area contributed by atoms with Crippen LogP contribution >= 0.6 is 0 Å². The number of halogens is 1. The number of carbonyl (C=O) groups excluding carboxylic acids is 1. The first kappa shape index (κ1) is 21.5. The molecule has 0 aromatic carbocycles. The average molecular weight is 365 g/mol. The summed E-state index contributed by atoms with van der Waals surface area (Å²) < 4.78 is 18.4. The van der Waals surface area contributed by atoms with Crippen molar-refractivity contribution in [3.8, 4) is 0 Å². The van der Waals surface area contributed by atoms with E-state index < -0.39 is 23.6 Å². The van der Waals surface area contributed by atoms with Gasteiger partial charge in [0.2, 0.25) is 5.95 Å². The van der Waals surface area contributed by atoms with Gasteiger partial charge in [0.25, 0.3) is 0 Å². The Morgan fingerprint density at radius 2 is 2.00 bits per heavy atom. The third-order valence-electron chi connectivity index (χ3n) is 3.16. The minimum Gasteiger partial charge on any atom is -0.444 e. The fraction of sp³-hybridized carbons (Fsp3) is 0.556. The van der Waals surface area contributed by atoms with Crippen LogP contribution in [0.25, 0.3) is 0 Å². The topological polar surface area (TPSA) is 79.7 Å². The van der Waals surface area contributed by atoms with Crippen LogP contribution < -0.4 is 10.2 Å². The average Bonchev–Trinajstić information content (AvgIpc) is 2.51. The van der Waals surface area contributed by atoms with Gasteiger partial charge in [0, 0.05) is 12.7 Å². The summed E-state index contributed by atoms with van der Waals surface area (Å²) in [6.07, 6.45) is 4.39. The first-order valence-electron chi connectivity index (χ1n) is 8.49. The van der Waals surface area contributed by atoms with Crippen LogP contribution in [0.15, 0.2) is 29.2 Å². The highest BCUT2D eigenvalue weighted by atomic mass is 19.1. The maximum absolute atomic E-state index is 13.1. The summed E-state index contributed by atoms with van der Waals surface area (Å²) in [5, 5.41) is 2.76. The number of hydrogen-bond acceptors (Lipinski definition) is 5. The van der Waals surface area contributed by atoms with Crippen molar-refractivity contribution in [2.75, 3.05) is 11.9 Å². The Hall–Kier alpha value is -2.51. The number of likely N-dealkylation sites (N-methyl/N-ethyl adjacent to an activating group) is 1. The van der Waals surface area contributed by atoms with Gasteiger partial charge >= 0.3 is 6.09 Å². The van der Waals surface area contributed by atoms with Crippen LogP contribution in [0, 0.1) is 5.82 Å². The second kappa shape index (κ2) is 9.26. The third-order valence-corrected chi connectivity index (χ3v) is 3.16. The normalized spacial score (nSPS) is 14.0. The van der Waals surface area contributed by atoms with Crippen molar-refractivity contribution in [2.24, 2.45) is 4.99 Å². The molecule has 1 unspecified atom stereocenters. The number of nitrogens with one attached hydrogen (secondary N) is 1. The lowest BCUT2D eigenvalue weighted by Gasteiger charge is -2.26. The van der Waals surface area contributed by atoms with Crippen molar-refractivity contribution in [3.63, 3.8) is 0 Å². The summed E-state index contributed by atoms with van der Waals surface area (Å²) >= 11 is 0. The highest BCUT2D eigenvalue weighted by molar-refractivity contribution is 6.01. The molecular weight excluding hydrogens is 337 g/mol. The Balaban J connectivity index is 3.10. The molecule has 144 valence electrons. The predicted octanol–water partition coefficient (Wildman–Crippen LogP) is 3.68. The first-order valence-corrected chi connectivity index (χ1v) is 8.49. The minimum atomic E-state index is -0.606. The zero-order valence-corrected chi connectivity index (χ0v) is 16.5. The van der Waals surface area contributed by atoms with E-state index in [2.05, 4.69) is 20.3 Å². The molecule has 1 aromatic rings. The van der Waals surface area contributed by atoms with Crippen LogP contribution in [0.4, 0.5) is 15.1 Å². The highest BCUT2D eigenvalue weighted by Gasteiger charge is 2.23. The Morgan fingerprint density at radius 3 is 2.50 bits per heavy atom. The molecule has 0 radical (unpaired) electrons. The van der Waals surface area contributed by atoms with Gasteiger partial charge in [-0.3, -0.25) is 4.90 Å². The Bertz CT molecular complexity index is 665. The number of anilines is 1. The van der Waals surface area contributed by atoms with E-state index in [-0.39, 0.29) is 5.95 Å². The van der Waals surface area contributed by atoms with Gasteiger partial charge in [0.05, 0.1) is 18.4 Å². The number of aromatic nitrogens is 2. The summed E-state index contributed by atoms with van der Waals surface area (Å²) in [5.74, 6) is 0.250. The lowest BCUT2D eigenvalue weighted by atomic mass is 10.2. The molecule has 1 N–H and O–H groups in total. The molecule has 0 aliphatic carbocycles. The number of allylic oxidation sites excluding steroid dienone is 2. The number of ether oxygens (including phenoxy) is 1. The summed E-state index contributed by atoms with van der Waals surface area (Å²) in [4.78, 5) is 26.2. The molecular formula is C18H28FN5O2. The van der Waals surface area contributed by atoms with Crippen LogP contribution in [-0.2, 0) is 4.74 Å². The summed E-state index contributed by atoms with van der Waals surface area (Å²) in [5.41, 5.74) is 0.180. The van der Waals surface area contributed by atoms with Crippen molar-refractivity contribution in [1.29, 1.82) is 0 Å². The van der Waals surface area contributed by atoms with E-state index >= 15 is 0 Å². The van der Waals surface area contributed by atoms with E-state index in [0.29, 0.717) is 5.84 Å². The van der Waals surface area contributed by atoms with Gasteiger partial charge in [-0.1, -0.05) is 13.0 Å². The number of carbonyl (C=O) groups is 1. The number of nitrogens with zero attached hydrogens (tertiary/aromatic N) is 4. The molecule has 0 spiro atoms. The molecule has 1 rings (SSSR count). The Labute approximate surface area is 154 Å². The zero-order chi connectivity index (χ0) is 19.9. The van der Waals surface area contributed by atoms with E-state index in [1.165, 1.54) is 0 Å². The predicted molar refractivity (Wildman–Crippen MR) is 101 cm³/mol. The molecule has 7 nitrogen and oxygen atoms in total. The zero-order valence-electron chi connectivity index (χ0n) is 16.5. The molecule has 0 aliphatic heterocycles. The summed E-state index contributed by atoms with van der Waals surface area (Å²) in [6, 6.07) is -0.483. The van der Waals surface area contributed by atoms with Crippen LogP contribution in [-0.4, -0.2) is 40.6 Å². The lowest BCUT2D eigenvalue weighted by molar-refractivity contribution is 0.0521. The first-order chi connectivity index (χ1) is 12.0. The number of amides is 1. The molecule has 1 amide bonds. The van der Waals surface area contributed by atoms with E-state index in [4.69, 9.17) is 4.74 Å². The number of amidine groups is 1. The molecule has 1 atom stereocenters. The van der Waals surface area contributed by atoms with Crippen molar-refractivity contribution < 1.29 is 13.9 Å². The van der Waals surface area contributed by atoms with Crippen LogP contribution in [0.5, 0.6) is 0 Å². The van der Waals surface area contributed by atoms with Crippen LogP contribution in [0.2, 0.25) is 0 Å². The van der Waals surface area contributed by atoms with Gasteiger partial charge in [-0.25, -0.2) is 24.1 Å². The molecule has 0 fully saturated rings. The molecule has 8 heteroatoms. The molecule has 0 aliphatic rings. The highest BCUT2D eigenvalue weighted by Crippen LogP contribution is 2.12. The smallest absolute Gasteiger partial charge is 0.408 e. The van der Waals surface area contributed by atoms with Gasteiger partial charge in [0.15, 0.2) is 5.82 Å². The quantitative estimate of drug-likeness (QED) is 0.636. The van der Waals surface area contributed by atoms with E-state index in [0.717, 1.165) is 24.5 Å². The second-order valence-corrected chi connectivity index (χ2v) is 6.85. The maximum atomic E-state index is 13.1. The number of alkyl carbamates (subject to hydrolysis) is 1. The molecule has 0 saturated carbocycles. The molecule has 26 heavy (non-hydrogen) atoms. The molecule has 0 saturated heterocycles. The molecule has 1 aromatic heterocycles. The van der Waals surface area contributed by atoms with Crippen LogP contribution in [0.1, 0.15) is 48.0 Å². The summed E-state index contributed by atoms with van der Waals surface area (Å²) in [6.45, 7) is 11.0. The Morgan fingerprint density at radius 1 is 1.42 bits per heavy atom. The van der Waals surface area contributed by atoms with Crippen molar-refractivity contribution in [3.05, 3.63) is 30.0 Å². The van der Waals surface area contributed by atoms with Crippen molar-refractivity contribution in [1.82, 2.24) is 15.3 Å². The number of aliphatic imine (C=N–C) groups is 1. The maximum Gasteiger partial charge on any atom is 0.408 e. The lowest BCUT2D eigenvalue weighted by Crippen LogP contribution is -2.47. The minimum absolute atomic E-state index is 0.271. The molecule has 1 heterocycles. The van der Waals surface area contributed by atoms with E-state index in [1.807, 2.05) is 19.9 Å². The second-order valence-electron chi connectivity index (χ2n) is 6.85. The number of hydrogen-bond donors (Lipinski definition) is 1. The SMILES string of the molecule is CC/C=C(\C)N=C(C(C)NC(=O)OC(C)(C)C)N(C)c1ncc(F)cn1. The fourth-order valence-electron chi connectivity index (χ4n) is 2.11. The van der Waals surface area contributed by atoms with Gasteiger partial charge < -0.3 is 10.1 Å². The number of rotatable bonds is 5. The van der Waals surface area contributed by atoms with Gasteiger partial charge in [-0.15, -0.1) is 0 Å². The summed E-state index contributed by atoms with van der Waals surface area (Å²) in [7, 11) is 1.71. The van der Waals surface area contributed by atoms with Crippen molar-refractivity contribution in [2.45, 2.75) is 59.6 Å². The van der Waals surface area contributed by atoms with Gasteiger partial charge in [-0.2, -0.15) is 0 Å².